The lowest BCUT2D eigenvalue weighted by Crippen LogP contribution is -2.51. The lowest BCUT2D eigenvalue weighted by molar-refractivity contribution is -0.145. The number of para-hydroxylation sites is 1. The molecule has 0 radical (unpaired) electrons. The number of carbonyl (C=O) groups is 1. The number of ether oxygens (including phenoxy) is 1. The summed E-state index contributed by atoms with van der Waals surface area (Å²) in [6.07, 6.45) is 0.806. The molecule has 1 saturated heterocycles. The Labute approximate surface area is 106 Å². The van der Waals surface area contributed by atoms with Crippen molar-refractivity contribution in [3.63, 3.8) is 0 Å². The molecule has 0 spiro atoms. The number of anilines is 1. The molecule has 2 unspecified atom stereocenters. The fourth-order valence-electron chi connectivity index (χ4n) is 2.19. The smallest absolute Gasteiger partial charge is 0.332 e. The number of carbonyl (C=O) groups excluding carboxylic acids is 1. The highest BCUT2D eigenvalue weighted by Crippen LogP contribution is 2.39. The van der Waals surface area contributed by atoms with Gasteiger partial charge in [-0.1, -0.05) is 25.1 Å². The van der Waals surface area contributed by atoms with Gasteiger partial charge in [0.2, 0.25) is 0 Å². The fourth-order valence-corrected chi connectivity index (χ4v) is 3.54. The topological polar surface area (TPSA) is 38.3 Å². The van der Waals surface area contributed by atoms with E-state index in [1.807, 2.05) is 30.3 Å². The Balaban J connectivity index is 2.26. The summed E-state index contributed by atoms with van der Waals surface area (Å²) in [5, 5.41) is 3.58. The highest BCUT2D eigenvalue weighted by Gasteiger charge is 2.48. The lowest BCUT2D eigenvalue weighted by atomic mass is 9.92. The number of hydrogen-bond donors (Lipinski definition) is 1. The molecule has 4 heteroatoms. The van der Waals surface area contributed by atoms with Gasteiger partial charge in [0.25, 0.3) is 0 Å². The molecule has 1 aliphatic rings. The minimum absolute atomic E-state index is 0.168. The second kappa shape index (κ2) is 5.00. The molecule has 1 aromatic carbocycles. The van der Waals surface area contributed by atoms with E-state index in [9.17, 15) is 4.79 Å². The van der Waals surface area contributed by atoms with Crippen LogP contribution in [-0.4, -0.2) is 29.6 Å². The summed E-state index contributed by atoms with van der Waals surface area (Å²) >= 11 is 1.80. The maximum Gasteiger partial charge on any atom is 0.332 e. The highest BCUT2D eigenvalue weighted by atomic mass is 32.2. The summed E-state index contributed by atoms with van der Waals surface area (Å²) in [6.45, 7) is 2.07. The number of benzene rings is 1. The standard InChI is InChI=1S/C13H17NO2S/c1-10-13(8-9-17-10,12(15)16-2)14-11-6-4-3-5-7-11/h3-7,10,14H,8-9H2,1-2H3. The predicted octanol–water partition coefficient (Wildman–Crippen LogP) is 2.54. The molecule has 1 aromatic rings. The highest BCUT2D eigenvalue weighted by molar-refractivity contribution is 8.00. The number of rotatable bonds is 3. The average Bonchev–Trinajstić information content (AvgIpc) is 2.72. The van der Waals surface area contributed by atoms with Gasteiger partial charge in [0.15, 0.2) is 0 Å². The van der Waals surface area contributed by atoms with Crippen LogP contribution in [-0.2, 0) is 9.53 Å². The van der Waals surface area contributed by atoms with Gasteiger partial charge in [-0.05, 0) is 24.3 Å². The van der Waals surface area contributed by atoms with E-state index in [1.54, 1.807) is 11.8 Å². The third-order valence-electron chi connectivity index (χ3n) is 3.25. The van der Waals surface area contributed by atoms with Gasteiger partial charge in [-0.3, -0.25) is 0 Å². The van der Waals surface area contributed by atoms with Crippen LogP contribution in [0.1, 0.15) is 13.3 Å². The van der Waals surface area contributed by atoms with Gasteiger partial charge in [0.1, 0.15) is 5.54 Å². The first-order valence-corrected chi connectivity index (χ1v) is 6.77. The summed E-state index contributed by atoms with van der Waals surface area (Å²) in [7, 11) is 1.45. The zero-order chi connectivity index (χ0) is 12.3. The first kappa shape index (κ1) is 12.3. The Morgan fingerprint density at radius 3 is 2.71 bits per heavy atom. The van der Waals surface area contributed by atoms with E-state index in [-0.39, 0.29) is 11.2 Å². The molecule has 92 valence electrons. The largest absolute Gasteiger partial charge is 0.467 e. The quantitative estimate of drug-likeness (QED) is 0.838. The van der Waals surface area contributed by atoms with Crippen molar-refractivity contribution >= 4 is 23.4 Å². The average molecular weight is 251 g/mol. The van der Waals surface area contributed by atoms with Crippen molar-refractivity contribution in [1.82, 2.24) is 0 Å². The van der Waals surface area contributed by atoms with Crippen molar-refractivity contribution < 1.29 is 9.53 Å². The van der Waals surface area contributed by atoms with Gasteiger partial charge in [-0.2, -0.15) is 11.8 Å². The summed E-state index contributed by atoms with van der Waals surface area (Å²) in [5.74, 6) is 0.815. The summed E-state index contributed by atoms with van der Waals surface area (Å²) in [6, 6.07) is 9.82. The van der Waals surface area contributed by atoms with Gasteiger partial charge in [0, 0.05) is 10.9 Å². The molecule has 0 bridgehead atoms. The predicted molar refractivity (Wildman–Crippen MR) is 71.3 cm³/mol. The maximum absolute atomic E-state index is 12.1. The summed E-state index contributed by atoms with van der Waals surface area (Å²) < 4.78 is 4.97. The van der Waals surface area contributed by atoms with Crippen molar-refractivity contribution in [3.05, 3.63) is 30.3 Å². The zero-order valence-corrected chi connectivity index (χ0v) is 10.9. The van der Waals surface area contributed by atoms with Crippen molar-refractivity contribution in [2.24, 2.45) is 0 Å². The van der Waals surface area contributed by atoms with Crippen LogP contribution in [0.2, 0.25) is 0 Å². The Morgan fingerprint density at radius 1 is 1.47 bits per heavy atom. The molecule has 17 heavy (non-hydrogen) atoms. The first-order valence-electron chi connectivity index (χ1n) is 5.72. The number of methoxy groups -OCH3 is 1. The first-order chi connectivity index (χ1) is 8.19. The van der Waals surface area contributed by atoms with Gasteiger partial charge < -0.3 is 10.1 Å². The molecule has 0 aliphatic carbocycles. The molecule has 2 rings (SSSR count). The number of nitrogens with one attached hydrogen (secondary N) is 1. The Hall–Kier alpha value is -1.16. The van der Waals surface area contributed by atoms with Gasteiger partial charge in [0.05, 0.1) is 7.11 Å². The van der Waals surface area contributed by atoms with Crippen LogP contribution >= 0.6 is 11.8 Å². The molecule has 0 saturated carbocycles. The summed E-state index contributed by atoms with van der Waals surface area (Å²) in [5.41, 5.74) is 0.382. The zero-order valence-electron chi connectivity index (χ0n) is 10.1. The second-order valence-corrected chi connectivity index (χ2v) is 5.67. The van der Waals surface area contributed by atoms with E-state index < -0.39 is 5.54 Å². The Bertz CT molecular complexity index is 396. The van der Waals surface area contributed by atoms with E-state index >= 15 is 0 Å². The van der Waals surface area contributed by atoms with Crippen LogP contribution in [0.3, 0.4) is 0 Å². The molecule has 2 atom stereocenters. The van der Waals surface area contributed by atoms with Crippen LogP contribution in [0.5, 0.6) is 0 Å². The number of hydrogen-bond acceptors (Lipinski definition) is 4. The van der Waals surface area contributed by atoms with Crippen LogP contribution in [0.15, 0.2) is 30.3 Å². The SMILES string of the molecule is COC(=O)C1(Nc2ccccc2)CCSC1C. The van der Waals surface area contributed by atoms with E-state index in [4.69, 9.17) is 4.74 Å². The van der Waals surface area contributed by atoms with Crippen molar-refractivity contribution in [2.45, 2.75) is 24.1 Å². The van der Waals surface area contributed by atoms with Crippen molar-refractivity contribution in [1.29, 1.82) is 0 Å². The normalized spacial score (nSPS) is 27.8. The van der Waals surface area contributed by atoms with Crippen LogP contribution in [0.25, 0.3) is 0 Å². The van der Waals surface area contributed by atoms with Gasteiger partial charge >= 0.3 is 5.97 Å². The minimum Gasteiger partial charge on any atom is -0.467 e. The van der Waals surface area contributed by atoms with Gasteiger partial charge in [-0.15, -0.1) is 0 Å². The monoisotopic (exact) mass is 251 g/mol. The lowest BCUT2D eigenvalue weighted by Gasteiger charge is -2.32. The molecule has 1 N–H and O–H groups in total. The second-order valence-electron chi connectivity index (χ2n) is 4.22. The third kappa shape index (κ3) is 2.27. The molecular formula is C13H17NO2S. The molecule has 3 nitrogen and oxygen atoms in total. The third-order valence-corrected chi connectivity index (χ3v) is 4.59. The Kier molecular flexibility index (Phi) is 3.62. The fraction of sp³-hybridized carbons (Fsp3) is 0.462. The molecular weight excluding hydrogens is 234 g/mol. The molecule has 0 aromatic heterocycles. The van der Waals surface area contributed by atoms with E-state index in [0.29, 0.717) is 0 Å². The molecule has 0 amide bonds. The molecule has 1 aliphatic heterocycles. The molecule has 1 fully saturated rings. The van der Waals surface area contributed by atoms with Crippen LogP contribution in [0.4, 0.5) is 5.69 Å². The van der Waals surface area contributed by atoms with Crippen molar-refractivity contribution in [3.8, 4) is 0 Å². The number of thioether (sulfide) groups is 1. The molecule has 1 heterocycles. The van der Waals surface area contributed by atoms with Crippen LogP contribution < -0.4 is 5.32 Å². The minimum atomic E-state index is -0.583. The van der Waals surface area contributed by atoms with E-state index in [1.165, 1.54) is 7.11 Å². The number of esters is 1. The van der Waals surface area contributed by atoms with Crippen LogP contribution in [0, 0.1) is 0 Å². The maximum atomic E-state index is 12.1. The summed E-state index contributed by atoms with van der Waals surface area (Å²) in [4.78, 5) is 12.1. The van der Waals surface area contributed by atoms with Crippen molar-refractivity contribution in [2.75, 3.05) is 18.2 Å². The Morgan fingerprint density at radius 2 is 2.18 bits per heavy atom. The van der Waals surface area contributed by atoms with Gasteiger partial charge in [-0.25, -0.2) is 4.79 Å². The van der Waals surface area contributed by atoms with E-state index in [0.717, 1.165) is 17.9 Å². The van der Waals surface area contributed by atoms with E-state index in [2.05, 4.69) is 12.2 Å².